The van der Waals surface area contributed by atoms with E-state index in [9.17, 15) is 14.4 Å². The monoisotopic (exact) mass is 307 g/mol. The number of anilines is 1. The second-order valence-corrected chi connectivity index (χ2v) is 5.89. The molecule has 0 aliphatic carbocycles. The Morgan fingerprint density at radius 2 is 1.86 bits per heavy atom. The van der Waals surface area contributed by atoms with Crippen LogP contribution in [0.5, 0.6) is 0 Å². The summed E-state index contributed by atoms with van der Waals surface area (Å²) in [6, 6.07) is 6.40. The minimum atomic E-state index is -0.990. The summed E-state index contributed by atoms with van der Waals surface area (Å²) in [6.45, 7) is 5.31. The van der Waals surface area contributed by atoms with Crippen LogP contribution < -0.4 is 4.90 Å². The molecule has 0 saturated carbocycles. The van der Waals surface area contributed by atoms with Gasteiger partial charge in [0.05, 0.1) is 19.1 Å². The number of amides is 1. The topological polar surface area (TPSA) is 83.9 Å². The van der Waals surface area contributed by atoms with Gasteiger partial charge in [-0.1, -0.05) is 26.8 Å². The molecule has 0 aliphatic heterocycles. The normalized spacial score (nSPS) is 10.9. The van der Waals surface area contributed by atoms with E-state index >= 15 is 0 Å². The number of carbonyl (C=O) groups excluding carboxylic acids is 2. The third kappa shape index (κ3) is 4.58. The molecule has 0 fully saturated rings. The first-order chi connectivity index (χ1) is 10.2. The summed E-state index contributed by atoms with van der Waals surface area (Å²) in [6.07, 6.45) is -0.176. The summed E-state index contributed by atoms with van der Waals surface area (Å²) in [5.74, 6) is -1.71. The molecule has 0 aromatic heterocycles. The highest BCUT2D eigenvalue weighted by Gasteiger charge is 2.28. The van der Waals surface area contributed by atoms with Gasteiger partial charge in [-0.3, -0.25) is 9.59 Å². The zero-order valence-electron chi connectivity index (χ0n) is 13.3. The molecule has 0 aliphatic rings. The van der Waals surface area contributed by atoms with E-state index in [1.165, 1.54) is 18.1 Å². The first kappa shape index (κ1) is 17.7. The van der Waals surface area contributed by atoms with Crippen LogP contribution in [0.25, 0.3) is 0 Å². The van der Waals surface area contributed by atoms with Crippen molar-refractivity contribution in [2.75, 3.05) is 18.6 Å². The molecular formula is C16H21NO5. The molecule has 1 amide bonds. The number of carboxylic acid groups (broad SMARTS) is 1. The molecule has 1 aromatic carbocycles. The van der Waals surface area contributed by atoms with Gasteiger partial charge in [0.1, 0.15) is 0 Å². The molecule has 0 bridgehead atoms. The number of hydrogen-bond acceptors (Lipinski definition) is 4. The molecule has 0 heterocycles. The molecule has 120 valence electrons. The fraction of sp³-hybridized carbons (Fsp3) is 0.438. The number of benzene rings is 1. The number of carboxylic acids is 1. The van der Waals surface area contributed by atoms with E-state index in [1.807, 2.05) is 0 Å². The van der Waals surface area contributed by atoms with Gasteiger partial charge in [0.15, 0.2) is 0 Å². The number of esters is 1. The number of nitrogens with zero attached hydrogens (tertiary/aromatic N) is 1. The van der Waals surface area contributed by atoms with Gasteiger partial charge in [-0.25, -0.2) is 4.79 Å². The highest BCUT2D eigenvalue weighted by Crippen LogP contribution is 2.24. The molecule has 1 N–H and O–H groups in total. The van der Waals surface area contributed by atoms with E-state index < -0.39 is 17.4 Å². The van der Waals surface area contributed by atoms with Crippen LogP contribution >= 0.6 is 0 Å². The highest BCUT2D eigenvalue weighted by molar-refractivity contribution is 5.99. The van der Waals surface area contributed by atoms with E-state index in [0.717, 1.165) is 0 Å². The molecule has 0 spiro atoms. The maximum absolute atomic E-state index is 12.5. The zero-order valence-corrected chi connectivity index (χ0v) is 13.3. The van der Waals surface area contributed by atoms with Crippen LogP contribution in [0.15, 0.2) is 24.3 Å². The Kier molecular flexibility index (Phi) is 5.68. The van der Waals surface area contributed by atoms with Crippen molar-refractivity contribution in [3.63, 3.8) is 0 Å². The Bertz CT molecular complexity index is 574. The van der Waals surface area contributed by atoms with Gasteiger partial charge in [0.2, 0.25) is 5.91 Å². The largest absolute Gasteiger partial charge is 0.481 e. The number of hydrogen-bond donors (Lipinski definition) is 1. The first-order valence-corrected chi connectivity index (χ1v) is 6.89. The maximum Gasteiger partial charge on any atom is 0.337 e. The van der Waals surface area contributed by atoms with Crippen molar-refractivity contribution in [3.8, 4) is 0 Å². The van der Waals surface area contributed by atoms with Gasteiger partial charge >= 0.3 is 11.9 Å². The van der Waals surface area contributed by atoms with Gasteiger partial charge in [-0.05, 0) is 18.2 Å². The van der Waals surface area contributed by atoms with Crippen molar-refractivity contribution < 1.29 is 24.2 Å². The lowest BCUT2D eigenvalue weighted by Crippen LogP contribution is -2.41. The number of methoxy groups -OCH3 is 1. The van der Waals surface area contributed by atoms with Crippen LogP contribution in [0, 0.1) is 5.41 Å². The summed E-state index contributed by atoms with van der Waals surface area (Å²) in [5, 5.41) is 8.86. The Morgan fingerprint density at radius 1 is 1.23 bits per heavy atom. The number of aliphatic carboxylic acids is 1. The average molecular weight is 307 g/mol. The number of carbonyl (C=O) groups is 3. The Hall–Kier alpha value is -2.37. The molecule has 0 unspecified atom stereocenters. The first-order valence-electron chi connectivity index (χ1n) is 6.89. The summed E-state index contributed by atoms with van der Waals surface area (Å²) in [7, 11) is 1.28. The molecular weight excluding hydrogens is 286 g/mol. The summed E-state index contributed by atoms with van der Waals surface area (Å²) >= 11 is 0. The predicted molar refractivity (Wildman–Crippen MR) is 81.8 cm³/mol. The molecule has 6 nitrogen and oxygen atoms in total. The van der Waals surface area contributed by atoms with Crippen molar-refractivity contribution in [3.05, 3.63) is 29.8 Å². The van der Waals surface area contributed by atoms with E-state index in [4.69, 9.17) is 5.11 Å². The highest BCUT2D eigenvalue weighted by atomic mass is 16.5. The molecule has 1 rings (SSSR count). The zero-order chi connectivity index (χ0) is 16.9. The Balaban J connectivity index is 3.18. The van der Waals surface area contributed by atoms with Crippen LogP contribution in [0.4, 0.5) is 5.69 Å². The lowest BCUT2D eigenvalue weighted by molar-refractivity contribution is -0.136. The predicted octanol–water partition coefficient (Wildman–Crippen LogP) is 2.33. The van der Waals surface area contributed by atoms with Crippen molar-refractivity contribution in [2.24, 2.45) is 5.41 Å². The van der Waals surface area contributed by atoms with Gasteiger partial charge in [0.25, 0.3) is 0 Å². The van der Waals surface area contributed by atoms with Crippen molar-refractivity contribution in [1.82, 2.24) is 0 Å². The molecule has 0 atom stereocenters. The second-order valence-electron chi connectivity index (χ2n) is 5.89. The van der Waals surface area contributed by atoms with Crippen LogP contribution in [0.1, 0.15) is 37.6 Å². The molecule has 0 radical (unpaired) electrons. The van der Waals surface area contributed by atoms with Gasteiger partial charge < -0.3 is 14.7 Å². The summed E-state index contributed by atoms with van der Waals surface area (Å²) in [4.78, 5) is 36.4. The van der Waals surface area contributed by atoms with E-state index in [2.05, 4.69) is 4.74 Å². The Labute approximate surface area is 129 Å². The number of ether oxygens (including phenoxy) is 1. The third-order valence-electron chi connectivity index (χ3n) is 3.01. The fourth-order valence-electron chi connectivity index (χ4n) is 1.88. The SMILES string of the molecule is COC(=O)c1cccc(N(CCC(=O)O)C(=O)C(C)(C)C)c1. The second kappa shape index (κ2) is 7.06. The average Bonchev–Trinajstić information content (AvgIpc) is 2.45. The lowest BCUT2D eigenvalue weighted by Gasteiger charge is -2.29. The van der Waals surface area contributed by atoms with Crippen molar-refractivity contribution >= 4 is 23.5 Å². The minimum Gasteiger partial charge on any atom is -0.481 e. The molecule has 1 aromatic rings. The molecule has 6 heteroatoms. The van der Waals surface area contributed by atoms with Crippen LogP contribution in [0.3, 0.4) is 0 Å². The smallest absolute Gasteiger partial charge is 0.337 e. The molecule has 0 saturated heterocycles. The lowest BCUT2D eigenvalue weighted by atomic mass is 9.94. The van der Waals surface area contributed by atoms with Crippen LogP contribution in [0.2, 0.25) is 0 Å². The quantitative estimate of drug-likeness (QED) is 0.844. The Morgan fingerprint density at radius 3 is 2.36 bits per heavy atom. The van der Waals surface area contributed by atoms with Gasteiger partial charge in [-0.15, -0.1) is 0 Å². The minimum absolute atomic E-state index is 0.0378. The standard InChI is InChI=1S/C16H21NO5/c1-16(2,3)15(21)17(9-8-13(18)19)12-7-5-6-11(10-12)14(20)22-4/h5-7,10H,8-9H2,1-4H3,(H,18,19). The van der Waals surface area contributed by atoms with Crippen molar-refractivity contribution in [1.29, 1.82) is 0 Å². The van der Waals surface area contributed by atoms with Gasteiger partial charge in [0, 0.05) is 17.6 Å². The van der Waals surface area contributed by atoms with Crippen LogP contribution in [-0.4, -0.2) is 36.6 Å². The van der Waals surface area contributed by atoms with E-state index in [1.54, 1.807) is 39.0 Å². The summed E-state index contributed by atoms with van der Waals surface area (Å²) in [5.41, 5.74) is 0.117. The molecule has 22 heavy (non-hydrogen) atoms. The van der Waals surface area contributed by atoms with E-state index in [0.29, 0.717) is 11.3 Å². The van der Waals surface area contributed by atoms with Crippen molar-refractivity contribution in [2.45, 2.75) is 27.2 Å². The fourth-order valence-corrected chi connectivity index (χ4v) is 1.88. The van der Waals surface area contributed by atoms with Gasteiger partial charge in [-0.2, -0.15) is 0 Å². The number of rotatable bonds is 5. The van der Waals surface area contributed by atoms with E-state index in [-0.39, 0.29) is 18.9 Å². The maximum atomic E-state index is 12.5. The summed E-state index contributed by atoms with van der Waals surface area (Å²) < 4.78 is 4.66. The third-order valence-corrected chi connectivity index (χ3v) is 3.01. The van der Waals surface area contributed by atoms with Crippen LogP contribution in [-0.2, 0) is 14.3 Å².